The second-order valence-corrected chi connectivity index (χ2v) is 3.54. The summed E-state index contributed by atoms with van der Waals surface area (Å²) in [4.78, 5) is 8.25. The average molecular weight is 214 g/mol. The van der Waals surface area contributed by atoms with Crippen molar-refractivity contribution in [2.75, 3.05) is 7.11 Å². The Morgan fingerprint density at radius 2 is 2.25 bits per heavy atom. The highest BCUT2D eigenvalue weighted by Crippen LogP contribution is 2.36. The van der Waals surface area contributed by atoms with Crippen molar-refractivity contribution in [1.82, 2.24) is 9.97 Å². The van der Waals surface area contributed by atoms with E-state index in [1.165, 1.54) is 0 Å². The fourth-order valence-electron chi connectivity index (χ4n) is 1.82. The second-order valence-electron chi connectivity index (χ2n) is 3.54. The summed E-state index contributed by atoms with van der Waals surface area (Å²) in [5, 5.41) is 0. The van der Waals surface area contributed by atoms with E-state index in [4.69, 9.17) is 9.47 Å². The van der Waals surface area contributed by atoms with Crippen LogP contribution in [-0.4, -0.2) is 17.1 Å². The molecule has 2 aromatic rings. The molecule has 0 saturated heterocycles. The SMILES string of the molecule is COc1cc2c(cn1)-c1ccncc1OC2. The molecule has 0 amide bonds. The second kappa shape index (κ2) is 3.48. The molecular weight excluding hydrogens is 204 g/mol. The molecule has 0 N–H and O–H groups in total. The van der Waals surface area contributed by atoms with Gasteiger partial charge in [0.25, 0.3) is 0 Å². The summed E-state index contributed by atoms with van der Waals surface area (Å²) in [5.41, 5.74) is 3.21. The minimum atomic E-state index is 0.535. The Kier molecular flexibility index (Phi) is 1.99. The monoisotopic (exact) mass is 214 g/mol. The Morgan fingerprint density at radius 3 is 3.12 bits per heavy atom. The average Bonchev–Trinajstić information content (AvgIpc) is 2.38. The van der Waals surface area contributed by atoms with Crippen molar-refractivity contribution in [2.24, 2.45) is 0 Å². The number of fused-ring (bicyclic) bond motifs is 3. The molecule has 3 heterocycles. The van der Waals surface area contributed by atoms with Crippen LogP contribution in [0.4, 0.5) is 0 Å². The molecule has 2 aromatic heterocycles. The molecule has 1 aliphatic rings. The summed E-state index contributed by atoms with van der Waals surface area (Å²) in [7, 11) is 1.61. The van der Waals surface area contributed by atoms with Crippen LogP contribution in [-0.2, 0) is 6.61 Å². The molecule has 0 aromatic carbocycles. The molecule has 4 heteroatoms. The Bertz CT molecular complexity index is 540. The predicted octanol–water partition coefficient (Wildman–Crippen LogP) is 2.04. The first-order chi connectivity index (χ1) is 7.88. The molecule has 4 nitrogen and oxygen atoms in total. The van der Waals surface area contributed by atoms with E-state index in [2.05, 4.69) is 9.97 Å². The molecule has 1 aliphatic heterocycles. The lowest BCUT2D eigenvalue weighted by Gasteiger charge is -2.19. The first-order valence-electron chi connectivity index (χ1n) is 4.98. The molecule has 0 bridgehead atoms. The van der Waals surface area contributed by atoms with Crippen LogP contribution < -0.4 is 9.47 Å². The number of rotatable bonds is 1. The van der Waals surface area contributed by atoms with E-state index in [0.29, 0.717) is 12.5 Å². The quantitative estimate of drug-likeness (QED) is 0.728. The molecule has 16 heavy (non-hydrogen) atoms. The van der Waals surface area contributed by atoms with Crippen LogP contribution >= 0.6 is 0 Å². The number of nitrogens with zero attached hydrogens (tertiary/aromatic N) is 2. The lowest BCUT2D eigenvalue weighted by Crippen LogP contribution is -2.06. The van der Waals surface area contributed by atoms with E-state index in [1.807, 2.05) is 18.3 Å². The van der Waals surface area contributed by atoms with E-state index in [1.54, 1.807) is 19.5 Å². The van der Waals surface area contributed by atoms with Crippen LogP contribution in [0.5, 0.6) is 11.6 Å². The number of hydrogen-bond donors (Lipinski definition) is 0. The normalized spacial score (nSPS) is 12.3. The zero-order valence-electron chi connectivity index (χ0n) is 8.80. The molecule has 0 aliphatic carbocycles. The van der Waals surface area contributed by atoms with E-state index in [-0.39, 0.29) is 0 Å². The van der Waals surface area contributed by atoms with Gasteiger partial charge in [0.05, 0.1) is 13.3 Å². The van der Waals surface area contributed by atoms with Crippen LogP contribution in [0.3, 0.4) is 0 Å². The van der Waals surface area contributed by atoms with Gasteiger partial charge in [-0.05, 0) is 6.07 Å². The van der Waals surface area contributed by atoms with Crippen LogP contribution in [0.2, 0.25) is 0 Å². The van der Waals surface area contributed by atoms with Crippen LogP contribution in [0.25, 0.3) is 11.1 Å². The molecule has 0 atom stereocenters. The first kappa shape index (κ1) is 9.15. The lowest BCUT2D eigenvalue weighted by atomic mass is 10.0. The fourth-order valence-corrected chi connectivity index (χ4v) is 1.82. The molecule has 0 radical (unpaired) electrons. The van der Waals surface area contributed by atoms with Crippen molar-refractivity contribution in [2.45, 2.75) is 6.61 Å². The van der Waals surface area contributed by atoms with Gasteiger partial charge in [-0.2, -0.15) is 0 Å². The molecule has 0 saturated carbocycles. The van der Waals surface area contributed by atoms with Gasteiger partial charge in [0, 0.05) is 35.2 Å². The van der Waals surface area contributed by atoms with E-state index in [9.17, 15) is 0 Å². The van der Waals surface area contributed by atoms with Crippen molar-refractivity contribution in [3.63, 3.8) is 0 Å². The molecule has 3 rings (SSSR count). The van der Waals surface area contributed by atoms with Gasteiger partial charge in [-0.3, -0.25) is 4.98 Å². The van der Waals surface area contributed by atoms with Crippen LogP contribution in [0.1, 0.15) is 5.56 Å². The minimum absolute atomic E-state index is 0.535. The topological polar surface area (TPSA) is 44.2 Å². The largest absolute Gasteiger partial charge is 0.487 e. The highest BCUT2D eigenvalue weighted by Gasteiger charge is 2.17. The van der Waals surface area contributed by atoms with E-state index >= 15 is 0 Å². The molecule has 0 fully saturated rings. The summed E-state index contributed by atoms with van der Waals surface area (Å²) >= 11 is 0. The fraction of sp³-hybridized carbons (Fsp3) is 0.167. The Morgan fingerprint density at radius 1 is 1.31 bits per heavy atom. The standard InChI is InChI=1S/C12H10N2O2/c1-15-12-4-8-7-16-11-6-13-3-2-9(11)10(8)5-14-12/h2-6H,7H2,1H3. The zero-order valence-corrected chi connectivity index (χ0v) is 8.80. The molecule has 0 unspecified atom stereocenters. The third kappa shape index (κ3) is 1.31. The number of pyridine rings is 2. The van der Waals surface area contributed by atoms with Gasteiger partial charge < -0.3 is 9.47 Å². The number of hydrogen-bond acceptors (Lipinski definition) is 4. The van der Waals surface area contributed by atoms with Crippen LogP contribution in [0.15, 0.2) is 30.7 Å². The Balaban J connectivity index is 2.18. The molecule has 80 valence electrons. The first-order valence-corrected chi connectivity index (χ1v) is 4.98. The van der Waals surface area contributed by atoms with Gasteiger partial charge in [0.2, 0.25) is 5.88 Å². The van der Waals surface area contributed by atoms with Gasteiger partial charge in [-0.25, -0.2) is 4.98 Å². The number of methoxy groups -OCH3 is 1. The third-order valence-corrected chi connectivity index (χ3v) is 2.63. The predicted molar refractivity (Wildman–Crippen MR) is 58.4 cm³/mol. The van der Waals surface area contributed by atoms with Crippen molar-refractivity contribution in [3.8, 4) is 22.8 Å². The minimum Gasteiger partial charge on any atom is -0.487 e. The highest BCUT2D eigenvalue weighted by atomic mass is 16.5. The van der Waals surface area contributed by atoms with Gasteiger partial charge in [0.15, 0.2) is 0 Å². The van der Waals surface area contributed by atoms with Crippen molar-refractivity contribution < 1.29 is 9.47 Å². The van der Waals surface area contributed by atoms with E-state index in [0.717, 1.165) is 22.4 Å². The summed E-state index contributed by atoms with van der Waals surface area (Å²) in [5.74, 6) is 1.42. The van der Waals surface area contributed by atoms with Crippen molar-refractivity contribution in [1.29, 1.82) is 0 Å². The Hall–Kier alpha value is -2.10. The summed E-state index contributed by atoms with van der Waals surface area (Å²) in [6.07, 6.45) is 5.29. The van der Waals surface area contributed by atoms with Gasteiger partial charge in [-0.1, -0.05) is 0 Å². The third-order valence-electron chi connectivity index (χ3n) is 2.63. The number of ether oxygens (including phenoxy) is 2. The number of aromatic nitrogens is 2. The maximum atomic E-state index is 5.60. The van der Waals surface area contributed by atoms with Crippen molar-refractivity contribution >= 4 is 0 Å². The van der Waals surface area contributed by atoms with Gasteiger partial charge >= 0.3 is 0 Å². The summed E-state index contributed by atoms with van der Waals surface area (Å²) < 4.78 is 10.7. The zero-order chi connectivity index (χ0) is 11.0. The molecular formula is C12H10N2O2. The summed E-state index contributed by atoms with van der Waals surface area (Å²) in [6, 6.07) is 3.83. The highest BCUT2D eigenvalue weighted by molar-refractivity contribution is 5.73. The van der Waals surface area contributed by atoms with Crippen molar-refractivity contribution in [3.05, 3.63) is 36.3 Å². The maximum Gasteiger partial charge on any atom is 0.213 e. The van der Waals surface area contributed by atoms with Gasteiger partial charge in [0.1, 0.15) is 12.4 Å². The smallest absolute Gasteiger partial charge is 0.213 e. The lowest BCUT2D eigenvalue weighted by molar-refractivity contribution is 0.299. The van der Waals surface area contributed by atoms with Crippen LogP contribution in [0, 0.1) is 0 Å². The Labute approximate surface area is 92.9 Å². The van der Waals surface area contributed by atoms with E-state index < -0.39 is 0 Å². The molecule has 0 spiro atoms. The maximum absolute atomic E-state index is 5.60. The van der Waals surface area contributed by atoms with Gasteiger partial charge in [-0.15, -0.1) is 0 Å². The summed E-state index contributed by atoms with van der Waals surface area (Å²) in [6.45, 7) is 0.535.